The van der Waals surface area contributed by atoms with Crippen LogP contribution >= 0.6 is 23.5 Å². The van der Waals surface area contributed by atoms with Gasteiger partial charge in [-0.15, -0.1) is 11.8 Å². The van der Waals surface area contributed by atoms with E-state index in [1.165, 1.54) is 29.1 Å². The van der Waals surface area contributed by atoms with Gasteiger partial charge in [0.05, 0.1) is 4.91 Å². The maximum absolute atomic E-state index is 11.5. The van der Waals surface area contributed by atoms with E-state index >= 15 is 0 Å². The van der Waals surface area contributed by atoms with Gasteiger partial charge in [0.15, 0.2) is 0 Å². The molecule has 0 aromatic heterocycles. The zero-order valence-electron chi connectivity index (χ0n) is 9.06. The fourth-order valence-corrected chi connectivity index (χ4v) is 2.71. The fraction of sp³-hybridized carbons (Fsp3) is 0.167. The maximum Gasteiger partial charge on any atom is 0.285 e. The predicted octanol–water partition coefficient (Wildman–Crippen LogP) is 3.33. The van der Waals surface area contributed by atoms with E-state index in [0.717, 1.165) is 9.94 Å². The molecule has 1 aromatic rings. The highest BCUT2D eigenvalue weighted by atomic mass is 32.2. The van der Waals surface area contributed by atoms with Gasteiger partial charge in [0, 0.05) is 0 Å². The van der Waals surface area contributed by atoms with Crippen molar-refractivity contribution in [2.75, 3.05) is 6.26 Å². The lowest BCUT2D eigenvalue weighted by molar-refractivity contribution is -0.113. The summed E-state index contributed by atoms with van der Waals surface area (Å²) in [5.41, 5.74) is 2.26. The number of thioether (sulfide) groups is 2. The highest BCUT2D eigenvalue weighted by Crippen LogP contribution is 2.32. The molecule has 0 spiro atoms. The molecule has 16 heavy (non-hydrogen) atoms. The molecular weight excluding hydrogens is 238 g/mol. The minimum atomic E-state index is -0.130. The second-order valence-electron chi connectivity index (χ2n) is 3.41. The van der Waals surface area contributed by atoms with Crippen LogP contribution in [0.1, 0.15) is 11.1 Å². The quantitative estimate of drug-likeness (QED) is 0.715. The summed E-state index contributed by atoms with van der Waals surface area (Å²) in [6.07, 6.45) is 3.81. The van der Waals surface area contributed by atoms with Gasteiger partial charge in [0.1, 0.15) is 4.38 Å². The predicted molar refractivity (Wildman–Crippen MR) is 72.7 cm³/mol. The van der Waals surface area contributed by atoms with Crippen molar-refractivity contribution in [2.45, 2.75) is 6.92 Å². The highest BCUT2D eigenvalue weighted by molar-refractivity contribution is 8.40. The SMILES string of the molecule is CSC1=NC(=O)/C(=C\c2ccc(C)cc2)S1. The van der Waals surface area contributed by atoms with Gasteiger partial charge in [-0.3, -0.25) is 4.79 Å². The van der Waals surface area contributed by atoms with Crippen molar-refractivity contribution in [3.63, 3.8) is 0 Å². The Morgan fingerprint density at radius 2 is 2.00 bits per heavy atom. The molecule has 82 valence electrons. The normalized spacial score (nSPS) is 18.0. The zero-order chi connectivity index (χ0) is 11.5. The molecule has 0 radical (unpaired) electrons. The van der Waals surface area contributed by atoms with Gasteiger partial charge < -0.3 is 0 Å². The molecule has 0 atom stereocenters. The summed E-state index contributed by atoms with van der Waals surface area (Å²) in [6.45, 7) is 2.04. The second kappa shape index (κ2) is 4.89. The highest BCUT2D eigenvalue weighted by Gasteiger charge is 2.20. The Morgan fingerprint density at radius 1 is 1.31 bits per heavy atom. The van der Waals surface area contributed by atoms with Gasteiger partial charge in [-0.05, 0) is 24.8 Å². The number of aliphatic imine (C=N–C) groups is 1. The minimum Gasteiger partial charge on any atom is -0.266 e. The Morgan fingerprint density at radius 3 is 2.56 bits per heavy atom. The van der Waals surface area contributed by atoms with Crippen LogP contribution in [0.15, 0.2) is 34.2 Å². The molecule has 1 aromatic carbocycles. The molecule has 1 aliphatic heterocycles. The van der Waals surface area contributed by atoms with E-state index in [0.29, 0.717) is 4.91 Å². The zero-order valence-corrected chi connectivity index (χ0v) is 10.7. The number of amides is 1. The van der Waals surface area contributed by atoms with E-state index in [9.17, 15) is 4.79 Å². The van der Waals surface area contributed by atoms with Gasteiger partial charge in [0.2, 0.25) is 0 Å². The topological polar surface area (TPSA) is 29.4 Å². The first-order valence-electron chi connectivity index (χ1n) is 4.82. The molecule has 4 heteroatoms. The minimum absolute atomic E-state index is 0.130. The first-order chi connectivity index (χ1) is 7.69. The molecular formula is C12H11NOS2. The Balaban J connectivity index is 2.21. The number of benzene rings is 1. The first-order valence-corrected chi connectivity index (χ1v) is 6.86. The molecule has 0 N–H and O–H groups in total. The number of nitrogens with zero attached hydrogens (tertiary/aromatic N) is 1. The molecule has 1 amide bonds. The third-order valence-corrected chi connectivity index (χ3v) is 4.12. The van der Waals surface area contributed by atoms with Crippen LogP contribution in [0.4, 0.5) is 0 Å². The third-order valence-electron chi connectivity index (χ3n) is 2.15. The van der Waals surface area contributed by atoms with Crippen molar-refractivity contribution in [1.82, 2.24) is 0 Å². The number of rotatable bonds is 1. The van der Waals surface area contributed by atoms with Gasteiger partial charge in [0.25, 0.3) is 5.91 Å². The third kappa shape index (κ3) is 2.57. The van der Waals surface area contributed by atoms with Crippen molar-refractivity contribution in [1.29, 1.82) is 0 Å². The average Bonchev–Trinajstić information content (AvgIpc) is 2.63. The molecule has 0 saturated heterocycles. The van der Waals surface area contributed by atoms with E-state index in [1.807, 2.05) is 43.5 Å². The monoisotopic (exact) mass is 249 g/mol. The number of carbonyl (C=O) groups is 1. The van der Waals surface area contributed by atoms with Crippen molar-refractivity contribution >= 4 is 39.9 Å². The van der Waals surface area contributed by atoms with Crippen LogP contribution in [-0.2, 0) is 4.79 Å². The largest absolute Gasteiger partial charge is 0.285 e. The smallest absolute Gasteiger partial charge is 0.266 e. The van der Waals surface area contributed by atoms with E-state index in [4.69, 9.17) is 0 Å². The Kier molecular flexibility index (Phi) is 3.51. The van der Waals surface area contributed by atoms with Crippen LogP contribution < -0.4 is 0 Å². The Hall–Kier alpha value is -1.00. The van der Waals surface area contributed by atoms with Gasteiger partial charge in [-0.2, -0.15) is 4.99 Å². The molecule has 0 fully saturated rings. The summed E-state index contributed by atoms with van der Waals surface area (Å²) < 4.78 is 0.823. The van der Waals surface area contributed by atoms with Gasteiger partial charge >= 0.3 is 0 Å². The maximum atomic E-state index is 11.5. The van der Waals surface area contributed by atoms with Crippen LogP contribution in [0.25, 0.3) is 6.08 Å². The summed E-state index contributed by atoms with van der Waals surface area (Å²) in [5, 5.41) is 0. The number of carbonyl (C=O) groups excluding carboxylic acids is 1. The van der Waals surface area contributed by atoms with E-state index < -0.39 is 0 Å². The van der Waals surface area contributed by atoms with Gasteiger partial charge in [-0.1, -0.05) is 41.6 Å². The summed E-state index contributed by atoms with van der Waals surface area (Å²) in [7, 11) is 0. The molecule has 1 aliphatic rings. The molecule has 0 aliphatic carbocycles. The average molecular weight is 249 g/mol. The van der Waals surface area contributed by atoms with Crippen LogP contribution in [0.2, 0.25) is 0 Å². The molecule has 0 bridgehead atoms. The molecule has 0 saturated carbocycles. The number of hydrogen-bond acceptors (Lipinski definition) is 3. The van der Waals surface area contributed by atoms with Gasteiger partial charge in [-0.25, -0.2) is 0 Å². The molecule has 1 heterocycles. The summed E-state index contributed by atoms with van der Waals surface area (Å²) in [6, 6.07) is 8.08. The summed E-state index contributed by atoms with van der Waals surface area (Å²) in [4.78, 5) is 16.2. The second-order valence-corrected chi connectivity index (χ2v) is 5.49. The molecule has 2 nitrogen and oxygen atoms in total. The van der Waals surface area contributed by atoms with Crippen LogP contribution in [-0.4, -0.2) is 16.5 Å². The Bertz CT molecular complexity index is 474. The van der Waals surface area contributed by atoms with Crippen molar-refractivity contribution in [3.05, 3.63) is 40.3 Å². The van der Waals surface area contributed by atoms with Crippen molar-refractivity contribution in [2.24, 2.45) is 4.99 Å². The lowest BCUT2D eigenvalue weighted by Crippen LogP contribution is -1.87. The first kappa shape index (κ1) is 11.5. The summed E-state index contributed by atoms with van der Waals surface area (Å²) in [5.74, 6) is -0.130. The molecule has 0 unspecified atom stereocenters. The van der Waals surface area contributed by atoms with E-state index in [2.05, 4.69) is 4.99 Å². The summed E-state index contributed by atoms with van der Waals surface area (Å²) >= 11 is 2.95. The van der Waals surface area contributed by atoms with Crippen LogP contribution in [0, 0.1) is 6.92 Å². The van der Waals surface area contributed by atoms with Crippen molar-refractivity contribution < 1.29 is 4.79 Å². The standard InChI is InChI=1S/C12H11NOS2/c1-8-3-5-9(6-4-8)7-10-11(14)13-12(15-2)16-10/h3-7H,1-2H3/b10-7+. The van der Waals surface area contributed by atoms with E-state index in [1.54, 1.807) is 0 Å². The van der Waals surface area contributed by atoms with E-state index in [-0.39, 0.29) is 5.91 Å². The van der Waals surface area contributed by atoms with Crippen LogP contribution in [0.3, 0.4) is 0 Å². The number of aryl methyl sites for hydroxylation is 1. The lowest BCUT2D eigenvalue weighted by Gasteiger charge is -1.96. The Labute approximate surface area is 103 Å². The van der Waals surface area contributed by atoms with Crippen LogP contribution in [0.5, 0.6) is 0 Å². The molecule has 2 rings (SSSR count). The van der Waals surface area contributed by atoms with Crippen molar-refractivity contribution in [3.8, 4) is 0 Å². The fourth-order valence-electron chi connectivity index (χ4n) is 1.29. The number of hydrogen-bond donors (Lipinski definition) is 0. The lowest BCUT2D eigenvalue weighted by atomic mass is 10.1.